The molecule has 0 bridgehead atoms. The Morgan fingerprint density at radius 1 is 0.641 bits per heavy atom. The zero-order valence-electron chi connectivity index (χ0n) is 26.4. The van der Waals surface area contributed by atoms with Crippen molar-refractivity contribution in [3.05, 3.63) is 23.3 Å². The van der Waals surface area contributed by atoms with E-state index in [1.165, 1.54) is 145 Å². The molecule has 0 aromatic heterocycles. The predicted octanol–water partition coefficient (Wildman–Crippen LogP) is 10.6. The fourth-order valence-electron chi connectivity index (χ4n) is 6.36. The second-order valence-electron chi connectivity index (χ2n) is 12.4. The molecule has 0 saturated carbocycles. The fraction of sp³-hybridized carbons (Fsp3) is 0.800. The van der Waals surface area contributed by atoms with Crippen LogP contribution in [0.15, 0.2) is 12.1 Å². The Bertz CT molecular complexity index is 720. The van der Waals surface area contributed by atoms with E-state index in [4.69, 9.17) is 5.11 Å². The summed E-state index contributed by atoms with van der Waals surface area (Å²) in [5.41, 5.74) is 2.22. The maximum absolute atomic E-state index is 11.5. The Hall–Kier alpha value is -1.08. The van der Waals surface area contributed by atoms with Gasteiger partial charge in [0.2, 0.25) is 0 Å². The minimum absolute atomic E-state index is 0.213. The van der Waals surface area contributed by atoms with Crippen LogP contribution in [-0.4, -0.2) is 34.7 Å². The maximum atomic E-state index is 11.5. The Labute approximate surface area is 243 Å². The summed E-state index contributed by atoms with van der Waals surface area (Å²) in [6.45, 7) is 8.91. The van der Waals surface area contributed by atoms with Crippen LogP contribution in [0.3, 0.4) is 0 Å². The average Bonchev–Trinajstić information content (AvgIpc) is 2.91. The van der Waals surface area contributed by atoms with Gasteiger partial charge in [0.25, 0.3) is 0 Å². The first-order valence-corrected chi connectivity index (χ1v) is 19.6. The van der Waals surface area contributed by atoms with Crippen molar-refractivity contribution in [3.8, 4) is 5.75 Å². The summed E-state index contributed by atoms with van der Waals surface area (Å²) in [5.74, 6) is -0.157. The molecule has 0 atom stereocenters. The first kappa shape index (κ1) is 35.9. The molecule has 39 heavy (non-hydrogen) atoms. The Morgan fingerprint density at radius 2 is 1.05 bits per heavy atom. The van der Waals surface area contributed by atoms with E-state index in [9.17, 15) is 9.90 Å². The van der Waals surface area contributed by atoms with Gasteiger partial charge in [-0.05, 0) is 0 Å². The number of aryl methyl sites for hydroxylation is 2. The number of hydrogen-bond acceptors (Lipinski definition) is 2. The van der Waals surface area contributed by atoms with Crippen LogP contribution in [0.2, 0.25) is 0 Å². The van der Waals surface area contributed by atoms with Crippen molar-refractivity contribution in [2.75, 3.05) is 18.5 Å². The van der Waals surface area contributed by atoms with Crippen molar-refractivity contribution in [1.29, 1.82) is 0 Å². The minimum atomic E-state index is -1.91. The van der Waals surface area contributed by atoms with Crippen LogP contribution in [-0.2, 0) is 11.2 Å². The molecule has 3 nitrogen and oxygen atoms in total. The van der Waals surface area contributed by atoms with Crippen molar-refractivity contribution >= 4 is 18.5 Å². The number of phenolic OH excluding ortho intramolecular Hbond substituents is 1. The molecular weight excluding hydrogens is 499 g/mol. The number of hydrogen-bond donors (Lipinski definition) is 2. The average molecular weight is 565 g/mol. The molecule has 4 heteroatoms. The molecule has 0 aliphatic carbocycles. The van der Waals surface area contributed by atoms with Gasteiger partial charge in [-0.25, -0.2) is 0 Å². The molecular formula is C35H65O3P. The number of carboxylic acid groups (broad SMARTS) is 1. The summed E-state index contributed by atoms with van der Waals surface area (Å²) < 4.78 is 0. The Kier molecular flexibility index (Phi) is 20.8. The molecule has 1 aromatic rings. The van der Waals surface area contributed by atoms with Gasteiger partial charge >= 0.3 is 244 Å². The standard InChI is InChI=1S/C35H65O3P/c1-5-8-11-14-17-20-26-39(27-21-18-15-12-9-6-2,28-22-19-16-13-10-7-3)33-30-32(24-23-25-34(36)37)29-31(4)35(33)38/h29-30,38-39H,5-28H2,1-4H3,(H,36,37). The molecule has 0 spiro atoms. The van der Waals surface area contributed by atoms with Gasteiger partial charge in [-0.2, -0.15) is 0 Å². The van der Waals surface area contributed by atoms with E-state index in [0.29, 0.717) is 12.2 Å². The molecule has 2 N–H and O–H groups in total. The topological polar surface area (TPSA) is 57.5 Å². The summed E-state index contributed by atoms with van der Waals surface area (Å²) >= 11 is 0. The molecule has 0 heterocycles. The molecule has 228 valence electrons. The monoisotopic (exact) mass is 564 g/mol. The van der Waals surface area contributed by atoms with Crippen molar-refractivity contribution < 1.29 is 15.0 Å². The van der Waals surface area contributed by atoms with Gasteiger partial charge in [0, 0.05) is 0 Å². The SMILES string of the molecule is CCCCCCCC[PH](CCCCCCCC)(CCCCCCCC)c1cc(CCCC(=O)O)cc(C)c1O. The number of carbonyl (C=O) groups is 1. The molecule has 1 rings (SSSR count). The zero-order chi connectivity index (χ0) is 28.8. The van der Waals surface area contributed by atoms with Crippen LogP contribution < -0.4 is 5.30 Å². The van der Waals surface area contributed by atoms with Crippen LogP contribution in [0.4, 0.5) is 0 Å². The number of aliphatic carboxylic acids is 1. The number of carboxylic acids is 1. The van der Waals surface area contributed by atoms with E-state index >= 15 is 0 Å². The molecule has 0 amide bonds. The third-order valence-corrected chi connectivity index (χ3v) is 14.3. The van der Waals surface area contributed by atoms with Gasteiger partial charge in [-0.3, -0.25) is 0 Å². The molecule has 0 saturated heterocycles. The third kappa shape index (κ3) is 15.5. The van der Waals surface area contributed by atoms with Crippen LogP contribution >= 0.6 is 7.26 Å². The van der Waals surface area contributed by atoms with Crippen LogP contribution in [0, 0.1) is 6.92 Å². The first-order chi connectivity index (χ1) is 18.9. The van der Waals surface area contributed by atoms with Gasteiger partial charge in [0.1, 0.15) is 0 Å². The summed E-state index contributed by atoms with van der Waals surface area (Å²) in [4.78, 5) is 11.1. The molecule has 0 aliphatic heterocycles. The first-order valence-electron chi connectivity index (χ1n) is 16.9. The van der Waals surface area contributed by atoms with Crippen molar-refractivity contribution in [3.63, 3.8) is 0 Å². The van der Waals surface area contributed by atoms with E-state index in [2.05, 4.69) is 39.8 Å². The fourth-order valence-corrected chi connectivity index (χ4v) is 11.9. The Balaban J connectivity index is 3.20. The second-order valence-corrected chi connectivity index (χ2v) is 17.0. The summed E-state index contributed by atoms with van der Waals surface area (Å²) in [7, 11) is -1.91. The van der Waals surface area contributed by atoms with Gasteiger partial charge in [0.15, 0.2) is 0 Å². The van der Waals surface area contributed by atoms with Crippen LogP contribution in [0.25, 0.3) is 0 Å². The van der Waals surface area contributed by atoms with Gasteiger partial charge in [-0.15, -0.1) is 0 Å². The van der Waals surface area contributed by atoms with Crippen molar-refractivity contribution in [2.45, 2.75) is 163 Å². The van der Waals surface area contributed by atoms with E-state index in [0.717, 1.165) is 12.0 Å². The van der Waals surface area contributed by atoms with E-state index < -0.39 is 13.2 Å². The number of rotatable bonds is 26. The van der Waals surface area contributed by atoms with E-state index in [1.807, 2.05) is 0 Å². The third-order valence-electron chi connectivity index (χ3n) is 8.81. The summed E-state index contributed by atoms with van der Waals surface area (Å²) in [6, 6.07) is 4.45. The Morgan fingerprint density at radius 3 is 1.46 bits per heavy atom. The van der Waals surface area contributed by atoms with Crippen molar-refractivity contribution in [1.82, 2.24) is 0 Å². The second kappa shape index (κ2) is 22.6. The molecule has 0 unspecified atom stereocenters. The number of phenols is 1. The molecule has 0 aliphatic rings. The molecule has 0 radical (unpaired) electrons. The van der Waals surface area contributed by atoms with Crippen molar-refractivity contribution in [2.24, 2.45) is 0 Å². The summed E-state index contributed by atoms with van der Waals surface area (Å²) in [5, 5.41) is 22.0. The van der Waals surface area contributed by atoms with E-state index in [-0.39, 0.29) is 6.42 Å². The zero-order valence-corrected chi connectivity index (χ0v) is 27.4. The van der Waals surface area contributed by atoms with Gasteiger partial charge < -0.3 is 0 Å². The summed E-state index contributed by atoms with van der Waals surface area (Å²) in [6.07, 6.45) is 29.4. The van der Waals surface area contributed by atoms with Gasteiger partial charge in [-0.1, -0.05) is 0 Å². The molecule has 0 fully saturated rings. The number of benzene rings is 1. The predicted molar refractivity (Wildman–Crippen MR) is 176 cm³/mol. The quantitative estimate of drug-likeness (QED) is 0.0869. The van der Waals surface area contributed by atoms with E-state index in [1.54, 1.807) is 0 Å². The number of aromatic hydroxyl groups is 1. The van der Waals surface area contributed by atoms with Gasteiger partial charge in [0.05, 0.1) is 0 Å². The normalized spacial score (nSPS) is 12.2. The van der Waals surface area contributed by atoms with Crippen LogP contribution in [0.1, 0.15) is 160 Å². The van der Waals surface area contributed by atoms with Crippen LogP contribution in [0.5, 0.6) is 5.75 Å². The molecule has 1 aromatic carbocycles. The number of unbranched alkanes of at least 4 members (excludes halogenated alkanes) is 15.